The number of hydrogen-bond donors (Lipinski definition) is 7. The van der Waals surface area contributed by atoms with Gasteiger partial charge in [-0.25, -0.2) is 9.89 Å². The second-order valence-corrected chi connectivity index (χ2v) is 12.6. The highest BCUT2D eigenvalue weighted by Crippen LogP contribution is 2.48. The van der Waals surface area contributed by atoms with Crippen molar-refractivity contribution in [3.63, 3.8) is 0 Å². The van der Waals surface area contributed by atoms with E-state index in [0.29, 0.717) is 16.2 Å². The van der Waals surface area contributed by atoms with E-state index < -0.39 is 60.7 Å². The van der Waals surface area contributed by atoms with Crippen LogP contribution in [0.2, 0.25) is 0 Å². The quantitative estimate of drug-likeness (QED) is 0.134. The van der Waals surface area contributed by atoms with Crippen LogP contribution < -0.4 is 19.7 Å². The van der Waals surface area contributed by atoms with Gasteiger partial charge in [0.25, 0.3) is 11.7 Å². The number of benzene rings is 3. The molecule has 16 heteroatoms. The van der Waals surface area contributed by atoms with E-state index in [4.69, 9.17) is 24.4 Å². The molecule has 3 aromatic rings. The second-order valence-electron chi connectivity index (χ2n) is 12.6. The second kappa shape index (κ2) is 13.2. The molecule has 1 fully saturated rings. The molecule has 7 atom stereocenters. The number of carbonyl (C=O) groups is 3. The summed E-state index contributed by atoms with van der Waals surface area (Å²) in [6.07, 6.45) is -4.83. The third-order valence-electron chi connectivity index (χ3n) is 9.55. The van der Waals surface area contributed by atoms with Gasteiger partial charge in [-0.3, -0.25) is 25.1 Å². The molecular weight excluding hydrogens is 678 g/mol. The number of amidine groups is 1. The smallest absolute Gasteiger partial charge is 0.284 e. The van der Waals surface area contributed by atoms with Crippen LogP contribution in [0, 0.1) is 5.41 Å². The number of aliphatic hydroxyl groups excluding tert-OH is 4. The third-order valence-corrected chi connectivity index (χ3v) is 9.55. The summed E-state index contributed by atoms with van der Waals surface area (Å²) >= 11 is 0. The van der Waals surface area contributed by atoms with Crippen LogP contribution >= 0.6 is 0 Å². The first-order valence-electron chi connectivity index (χ1n) is 16.4. The zero-order valence-corrected chi connectivity index (χ0v) is 27.2. The molecule has 7 N–H and O–H groups in total. The van der Waals surface area contributed by atoms with E-state index in [1.807, 2.05) is 0 Å². The first-order valence-corrected chi connectivity index (χ1v) is 16.4. The number of nitrogens with zero attached hydrogens (tertiary/aromatic N) is 2. The largest absolute Gasteiger partial charge is 0.499 e. The standard InChI is InChI=1S/C36H31N5O11/c37-36-39-33-25(34(48)40-36)38-15-41(33)22-8-4-3-5-17(22)16-9-11-49-14-23-28(45)29(46)30(47)35(51-23)52-31-20(16)13-21-24(32(31)50-12-10-42)27(44)19-7-2-1-6-18(19)26(21)43/h1-9,11,13,16,23,28-30,35,42,45-47H,10,12,14-15H2,(H2,37,40,48)/p+1. The van der Waals surface area contributed by atoms with Gasteiger partial charge in [0, 0.05) is 33.7 Å². The van der Waals surface area contributed by atoms with Crippen molar-refractivity contribution >= 4 is 40.7 Å². The number of aliphatic hydroxyl groups is 4. The van der Waals surface area contributed by atoms with Crippen LogP contribution in [0.1, 0.15) is 48.9 Å². The Labute approximate surface area is 294 Å². The normalized spacial score (nSPS) is 27.7. The van der Waals surface area contributed by atoms with Gasteiger partial charge in [-0.2, -0.15) is 4.99 Å². The molecule has 0 spiro atoms. The molecule has 4 heterocycles. The number of hydrogen-bond acceptors (Lipinski definition) is 13. The summed E-state index contributed by atoms with van der Waals surface area (Å²) in [4.78, 5) is 50.3. The molecule has 1 aliphatic carbocycles. The maximum Gasteiger partial charge on any atom is 0.284 e. The van der Waals surface area contributed by atoms with Crippen molar-refractivity contribution in [3.8, 4) is 11.5 Å². The minimum absolute atomic E-state index is 0.00924. The van der Waals surface area contributed by atoms with E-state index in [2.05, 4.69) is 15.3 Å². The van der Waals surface area contributed by atoms with Gasteiger partial charge < -0.3 is 39.4 Å². The number of aliphatic imine (C=N–C) groups is 2. The van der Waals surface area contributed by atoms with Crippen molar-refractivity contribution < 1.29 is 58.7 Å². The molecule has 3 aromatic carbocycles. The van der Waals surface area contributed by atoms with Crippen molar-refractivity contribution in [1.29, 1.82) is 5.41 Å². The summed E-state index contributed by atoms with van der Waals surface area (Å²) in [5, 5.41) is 52.9. The van der Waals surface area contributed by atoms with Crippen molar-refractivity contribution in [2.75, 3.05) is 26.5 Å². The highest BCUT2D eigenvalue weighted by Gasteiger charge is 2.47. The van der Waals surface area contributed by atoms with Crippen LogP contribution in [0.25, 0.3) is 0 Å². The van der Waals surface area contributed by atoms with E-state index in [9.17, 15) is 34.8 Å². The monoisotopic (exact) mass is 710 g/mol. The number of fused-ring (bicyclic) bond motifs is 6. The average molecular weight is 711 g/mol. The fourth-order valence-electron chi connectivity index (χ4n) is 7.10. The highest BCUT2D eigenvalue weighted by molar-refractivity contribution is 6.68. The van der Waals surface area contributed by atoms with Crippen molar-refractivity contribution in [2.24, 2.45) is 9.98 Å². The molecule has 1 saturated heterocycles. The number of carbonyl (C=O) groups excluding carboxylic acids is 3. The van der Waals surface area contributed by atoms with Gasteiger partial charge in [-0.1, -0.05) is 42.5 Å². The molecule has 52 heavy (non-hydrogen) atoms. The summed E-state index contributed by atoms with van der Waals surface area (Å²) in [7, 11) is 0. The molecule has 4 aliphatic heterocycles. The molecule has 8 rings (SSSR count). The first-order chi connectivity index (χ1) is 25.2. The van der Waals surface area contributed by atoms with Gasteiger partial charge in [-0.15, -0.1) is 0 Å². The highest BCUT2D eigenvalue weighted by atomic mass is 16.7. The maximum absolute atomic E-state index is 14.2. The summed E-state index contributed by atoms with van der Waals surface area (Å²) in [5.41, 5.74) is 1.64. The fraction of sp³-hybridized carbons (Fsp3) is 0.278. The summed E-state index contributed by atoms with van der Waals surface area (Å²) in [5.74, 6) is -2.92. The Bertz CT molecular complexity index is 2130. The number of quaternary nitrogens is 1. The lowest BCUT2D eigenvalue weighted by molar-refractivity contribution is -0.723. The minimum atomic E-state index is -1.78. The molecule has 0 saturated carbocycles. The van der Waals surface area contributed by atoms with E-state index in [1.165, 1.54) is 18.4 Å². The molecule has 1 amide bonds. The summed E-state index contributed by atoms with van der Waals surface area (Å²) < 4.78 is 24.2. The Hall–Kier alpha value is -5.62. The van der Waals surface area contributed by atoms with E-state index in [1.54, 1.807) is 48.5 Å². The van der Waals surface area contributed by atoms with Gasteiger partial charge in [0.15, 0.2) is 29.7 Å². The Balaban J connectivity index is 1.38. The molecule has 266 valence electrons. The lowest BCUT2D eigenvalue weighted by Crippen LogP contribution is -3.09. The lowest BCUT2D eigenvalue weighted by Gasteiger charge is -2.40. The van der Waals surface area contributed by atoms with Crippen LogP contribution in [-0.2, 0) is 14.3 Å². The van der Waals surface area contributed by atoms with Gasteiger partial charge >= 0.3 is 0 Å². The number of allylic oxidation sites excluding steroid dienone is 1. The zero-order chi connectivity index (χ0) is 36.3. The number of para-hydroxylation sites is 1. The molecule has 7 unspecified atom stereocenters. The Morgan fingerprint density at radius 1 is 0.942 bits per heavy atom. The summed E-state index contributed by atoms with van der Waals surface area (Å²) in [6, 6.07) is 15.0. The molecular formula is C36H32N5O11+. The first kappa shape index (κ1) is 33.5. The molecule has 0 aromatic heterocycles. The predicted molar refractivity (Wildman–Crippen MR) is 179 cm³/mol. The number of nitrogens with one attached hydrogen (secondary N) is 3. The number of ether oxygens (including phenoxy) is 4. The zero-order valence-electron chi connectivity index (χ0n) is 27.2. The Kier molecular flexibility index (Phi) is 8.49. The van der Waals surface area contributed by atoms with E-state index in [0.717, 1.165) is 0 Å². The van der Waals surface area contributed by atoms with Crippen LogP contribution in [0.3, 0.4) is 0 Å². The Morgan fingerprint density at radius 2 is 1.69 bits per heavy atom. The topological polar surface area (TPSA) is 234 Å². The Morgan fingerprint density at radius 3 is 2.48 bits per heavy atom. The number of amides is 1. The van der Waals surface area contributed by atoms with Crippen LogP contribution in [0.15, 0.2) is 76.9 Å². The molecule has 2 bridgehead atoms. The number of guanidine groups is 1. The lowest BCUT2D eigenvalue weighted by atomic mass is 9.79. The van der Waals surface area contributed by atoms with Crippen molar-refractivity contribution in [2.45, 2.75) is 36.6 Å². The third kappa shape index (κ3) is 5.40. The van der Waals surface area contributed by atoms with Crippen LogP contribution in [-0.4, -0.2) is 113 Å². The predicted octanol–water partition coefficient (Wildman–Crippen LogP) is -0.913. The van der Waals surface area contributed by atoms with Crippen molar-refractivity contribution in [3.05, 3.63) is 100 Å². The van der Waals surface area contributed by atoms with Crippen LogP contribution in [0.4, 0.5) is 5.69 Å². The fourth-order valence-corrected chi connectivity index (χ4v) is 7.10. The van der Waals surface area contributed by atoms with Crippen molar-refractivity contribution in [1.82, 2.24) is 5.32 Å². The van der Waals surface area contributed by atoms with Gasteiger partial charge in [0.05, 0.1) is 18.4 Å². The van der Waals surface area contributed by atoms with Crippen LogP contribution in [0.5, 0.6) is 11.5 Å². The van der Waals surface area contributed by atoms with Gasteiger partial charge in [0.1, 0.15) is 43.3 Å². The maximum atomic E-state index is 14.2. The number of ketones is 2. The summed E-state index contributed by atoms with van der Waals surface area (Å²) in [6.45, 7) is -0.983. The van der Waals surface area contributed by atoms with Gasteiger partial charge in [-0.05, 0) is 18.2 Å². The average Bonchev–Trinajstić information content (AvgIpc) is 3.56. The van der Waals surface area contributed by atoms with E-state index >= 15 is 0 Å². The molecule has 5 aliphatic rings. The molecule has 0 radical (unpaired) electrons. The minimum Gasteiger partial charge on any atom is -0.499 e. The van der Waals surface area contributed by atoms with Gasteiger partial charge in [0.2, 0.25) is 18.0 Å². The SMILES string of the molecule is N=C1N=C2C(=NC[NH+]2c2ccccc2C2C=COCC3OC(Oc4c2cc2c(c4OCCO)C(=O)c4ccccc4C2=O)C(O)C(O)C3O)C(=O)N1. The van der Waals surface area contributed by atoms with E-state index in [-0.39, 0.29) is 76.7 Å². The molecule has 16 nitrogen and oxygen atoms in total. The number of rotatable bonds is 5.